The minimum Gasteiger partial charge on any atom is -0.345 e. The van der Waals surface area contributed by atoms with E-state index in [9.17, 15) is 10.1 Å². The van der Waals surface area contributed by atoms with Gasteiger partial charge in [0.25, 0.3) is 0 Å². The Balaban J connectivity index is 1.65. The average Bonchev–Trinajstić information content (AvgIpc) is 3.31. The van der Waals surface area contributed by atoms with Crippen molar-refractivity contribution in [1.29, 1.82) is 16.1 Å². The molecule has 134 valence electrons. The Bertz CT molecular complexity index is 991. The highest BCUT2D eigenvalue weighted by Gasteiger charge is 2.53. The molecule has 0 radical (unpaired) electrons. The van der Waals surface area contributed by atoms with Crippen molar-refractivity contribution in [2.24, 2.45) is 17.3 Å². The molecule has 2 fully saturated rings. The Morgan fingerprint density at radius 2 is 2.27 bits per heavy atom. The predicted octanol–water partition coefficient (Wildman–Crippen LogP) is 1.46. The molecular weight excluding hydrogens is 330 g/mol. The molecule has 1 aliphatic heterocycles. The molecule has 3 N–H and O–H groups in total. The van der Waals surface area contributed by atoms with Crippen molar-refractivity contribution in [1.82, 2.24) is 19.4 Å². The molecule has 1 saturated carbocycles. The Morgan fingerprint density at radius 1 is 1.50 bits per heavy atom. The maximum Gasteiger partial charge on any atom is 0.243 e. The molecule has 2 aromatic heterocycles. The van der Waals surface area contributed by atoms with E-state index in [1.54, 1.807) is 21.7 Å². The maximum absolute atomic E-state index is 12.7. The summed E-state index contributed by atoms with van der Waals surface area (Å²) in [6, 6.07) is 3.98. The lowest BCUT2D eigenvalue weighted by Gasteiger charge is -2.38. The van der Waals surface area contributed by atoms with Gasteiger partial charge < -0.3 is 9.88 Å². The number of carbonyl (C=O) groups excluding carboxylic acids is 1. The van der Waals surface area contributed by atoms with Gasteiger partial charge in [-0.3, -0.25) is 20.2 Å². The summed E-state index contributed by atoms with van der Waals surface area (Å²) in [4.78, 5) is 21.7. The molecule has 2 aliphatic rings. The van der Waals surface area contributed by atoms with Gasteiger partial charge in [0.05, 0.1) is 17.8 Å². The first-order valence-electron chi connectivity index (χ1n) is 8.86. The monoisotopic (exact) mass is 351 g/mol. The van der Waals surface area contributed by atoms with Crippen molar-refractivity contribution >= 4 is 22.9 Å². The SMILES string of the molecule is C[C@@H]1CCN(C(=O)C2(C#N)CC2)C[C@@H]1C(=N)n1c(=N)cnc2[nH]ccc21. The number of hydrogen-bond donors (Lipinski definition) is 3. The van der Waals surface area contributed by atoms with E-state index in [0.717, 1.165) is 6.42 Å². The van der Waals surface area contributed by atoms with E-state index in [1.165, 1.54) is 6.20 Å². The standard InChI is InChI=1S/C18H21N7O/c1-11-3-7-24(17(26)18(10-19)4-5-18)9-12(11)15(21)25-13-2-6-22-16(13)23-8-14(25)20/h2,6,8,11-12,20-22H,3-5,7,9H2,1H3/t11-,12+/m1/s1. The third kappa shape index (κ3) is 2.43. The lowest BCUT2D eigenvalue weighted by atomic mass is 9.85. The summed E-state index contributed by atoms with van der Waals surface area (Å²) in [5, 5.41) is 26.3. The van der Waals surface area contributed by atoms with Crippen LogP contribution in [0.15, 0.2) is 18.5 Å². The van der Waals surface area contributed by atoms with Gasteiger partial charge >= 0.3 is 0 Å². The van der Waals surface area contributed by atoms with Gasteiger partial charge in [-0.25, -0.2) is 4.98 Å². The molecule has 0 aromatic carbocycles. The highest BCUT2D eigenvalue weighted by molar-refractivity contribution is 5.93. The fourth-order valence-electron chi connectivity index (χ4n) is 3.79. The number of fused-ring (bicyclic) bond motifs is 1. The number of carbonyl (C=O) groups is 1. The van der Waals surface area contributed by atoms with Crippen LogP contribution < -0.4 is 5.49 Å². The van der Waals surface area contributed by atoms with Gasteiger partial charge in [0.1, 0.15) is 16.7 Å². The van der Waals surface area contributed by atoms with Crippen molar-refractivity contribution in [2.45, 2.75) is 26.2 Å². The van der Waals surface area contributed by atoms with E-state index < -0.39 is 5.41 Å². The summed E-state index contributed by atoms with van der Waals surface area (Å²) in [6.07, 6.45) is 5.23. The Kier molecular flexibility index (Phi) is 3.68. The van der Waals surface area contributed by atoms with Crippen LogP contribution in [0.4, 0.5) is 0 Å². The normalized spacial score (nSPS) is 24.2. The van der Waals surface area contributed by atoms with Gasteiger partial charge in [0.2, 0.25) is 5.91 Å². The predicted molar refractivity (Wildman–Crippen MR) is 94.2 cm³/mol. The molecule has 8 nitrogen and oxygen atoms in total. The molecule has 0 bridgehead atoms. The van der Waals surface area contributed by atoms with Crippen molar-refractivity contribution < 1.29 is 4.79 Å². The summed E-state index contributed by atoms with van der Waals surface area (Å²) < 4.78 is 1.59. The Morgan fingerprint density at radius 3 is 2.96 bits per heavy atom. The molecule has 8 heteroatoms. The minimum atomic E-state index is -0.828. The molecule has 2 aromatic rings. The number of aromatic nitrogens is 3. The van der Waals surface area contributed by atoms with Crippen LogP contribution >= 0.6 is 0 Å². The first-order chi connectivity index (χ1) is 12.5. The zero-order valence-corrected chi connectivity index (χ0v) is 14.6. The molecule has 0 spiro atoms. The summed E-state index contributed by atoms with van der Waals surface area (Å²) in [5.74, 6) is 0.241. The second-order valence-electron chi connectivity index (χ2n) is 7.39. The largest absolute Gasteiger partial charge is 0.345 e. The fourth-order valence-corrected chi connectivity index (χ4v) is 3.79. The molecule has 1 aliphatic carbocycles. The zero-order valence-electron chi connectivity index (χ0n) is 14.6. The molecule has 4 rings (SSSR count). The van der Waals surface area contributed by atoms with E-state index >= 15 is 0 Å². The van der Waals surface area contributed by atoms with Crippen LogP contribution in [-0.2, 0) is 4.79 Å². The Labute approximate surface area is 150 Å². The van der Waals surface area contributed by atoms with Crippen LogP contribution in [0.25, 0.3) is 11.2 Å². The quantitative estimate of drug-likeness (QED) is 0.560. The lowest BCUT2D eigenvalue weighted by Crippen LogP contribution is -2.50. The van der Waals surface area contributed by atoms with Gasteiger partial charge in [-0.1, -0.05) is 6.92 Å². The smallest absolute Gasteiger partial charge is 0.243 e. The summed E-state index contributed by atoms with van der Waals surface area (Å²) in [7, 11) is 0. The average molecular weight is 351 g/mol. The number of likely N-dealkylation sites (tertiary alicyclic amines) is 1. The second kappa shape index (κ2) is 5.80. The molecule has 1 saturated heterocycles. The summed E-state index contributed by atoms with van der Waals surface area (Å²) in [5.41, 5.74) is 0.636. The third-order valence-electron chi connectivity index (χ3n) is 5.71. The van der Waals surface area contributed by atoms with Gasteiger partial charge in [-0.05, 0) is 31.2 Å². The fraction of sp³-hybridized carbons (Fsp3) is 0.500. The molecule has 1 amide bonds. The highest BCUT2D eigenvalue weighted by atomic mass is 16.2. The van der Waals surface area contributed by atoms with Gasteiger partial charge in [-0.2, -0.15) is 5.26 Å². The van der Waals surface area contributed by atoms with Crippen LogP contribution in [0.1, 0.15) is 26.2 Å². The van der Waals surface area contributed by atoms with Crippen LogP contribution in [0.3, 0.4) is 0 Å². The number of nitrogens with zero attached hydrogens (tertiary/aromatic N) is 4. The van der Waals surface area contributed by atoms with Crippen LogP contribution in [0.5, 0.6) is 0 Å². The number of aromatic amines is 1. The molecular formula is C18H21N7O. The van der Waals surface area contributed by atoms with Gasteiger partial charge in [0, 0.05) is 25.2 Å². The van der Waals surface area contributed by atoms with Crippen molar-refractivity contribution in [3.05, 3.63) is 23.9 Å². The van der Waals surface area contributed by atoms with Gasteiger partial charge in [0.15, 0.2) is 5.65 Å². The van der Waals surface area contributed by atoms with E-state index in [-0.39, 0.29) is 23.2 Å². The zero-order chi connectivity index (χ0) is 18.5. The number of amides is 1. The van der Waals surface area contributed by atoms with Crippen LogP contribution in [0.2, 0.25) is 0 Å². The van der Waals surface area contributed by atoms with Crippen molar-refractivity contribution in [2.75, 3.05) is 13.1 Å². The van der Waals surface area contributed by atoms with Crippen LogP contribution in [-0.4, -0.2) is 44.3 Å². The topological polar surface area (TPSA) is 125 Å². The summed E-state index contributed by atoms with van der Waals surface area (Å²) in [6.45, 7) is 3.13. The molecule has 0 unspecified atom stereocenters. The van der Waals surface area contributed by atoms with Crippen LogP contribution in [0, 0.1) is 39.4 Å². The maximum atomic E-state index is 12.7. The van der Waals surface area contributed by atoms with Crippen molar-refractivity contribution in [3.63, 3.8) is 0 Å². The first-order valence-corrected chi connectivity index (χ1v) is 8.86. The molecule has 2 atom stereocenters. The first kappa shape index (κ1) is 16.5. The lowest BCUT2D eigenvalue weighted by molar-refractivity contribution is -0.136. The molecule has 26 heavy (non-hydrogen) atoms. The van der Waals surface area contributed by atoms with E-state index in [0.29, 0.717) is 42.9 Å². The van der Waals surface area contributed by atoms with Crippen molar-refractivity contribution in [3.8, 4) is 6.07 Å². The van der Waals surface area contributed by atoms with Gasteiger partial charge in [-0.15, -0.1) is 0 Å². The molecule has 3 heterocycles. The number of nitriles is 1. The number of rotatable bonds is 2. The van der Waals surface area contributed by atoms with E-state index in [4.69, 9.17) is 10.8 Å². The Hall–Kier alpha value is -2.95. The highest BCUT2D eigenvalue weighted by Crippen LogP contribution is 2.47. The van der Waals surface area contributed by atoms with E-state index in [1.807, 2.05) is 0 Å². The number of piperidine rings is 1. The minimum absolute atomic E-state index is 0.0951. The number of nitrogens with one attached hydrogen (secondary N) is 3. The van der Waals surface area contributed by atoms with E-state index in [2.05, 4.69) is 23.0 Å². The third-order valence-corrected chi connectivity index (χ3v) is 5.71. The second-order valence-corrected chi connectivity index (χ2v) is 7.39. The number of hydrogen-bond acceptors (Lipinski definition) is 5. The summed E-state index contributed by atoms with van der Waals surface area (Å²) >= 11 is 0. The number of H-pyrrole nitrogens is 1.